The van der Waals surface area contributed by atoms with E-state index in [1.807, 2.05) is 0 Å². The monoisotopic (exact) mass is 219 g/mol. The molecule has 0 aliphatic heterocycles. The minimum Gasteiger partial charge on any atom is -0.389 e. The van der Waals surface area contributed by atoms with Crippen LogP contribution < -0.4 is 5.73 Å². The largest absolute Gasteiger partial charge is 0.416 e. The molecule has 1 rings (SSSR count). The Morgan fingerprint density at radius 2 is 1.93 bits per heavy atom. The fraction of sp³-hybridized carbons (Fsp3) is 0.222. The molecule has 0 saturated carbocycles. The number of hydrogen-bond donors (Lipinski definition) is 1. The second kappa shape index (κ2) is 3.57. The first-order valence-electron chi connectivity index (χ1n) is 3.80. The normalized spacial score (nSPS) is 11.4. The molecule has 0 amide bonds. The van der Waals surface area contributed by atoms with Crippen LogP contribution in [-0.4, -0.2) is 4.99 Å². The zero-order chi connectivity index (χ0) is 10.9. The zero-order valence-electron chi connectivity index (χ0n) is 7.35. The van der Waals surface area contributed by atoms with Gasteiger partial charge in [0.2, 0.25) is 0 Å². The van der Waals surface area contributed by atoms with Crippen molar-refractivity contribution < 1.29 is 13.2 Å². The molecule has 14 heavy (non-hydrogen) atoms. The van der Waals surface area contributed by atoms with Crippen LogP contribution in [-0.2, 0) is 6.18 Å². The fourth-order valence-electron chi connectivity index (χ4n) is 1.06. The van der Waals surface area contributed by atoms with Crippen LogP contribution in [0.4, 0.5) is 13.2 Å². The second-order valence-electron chi connectivity index (χ2n) is 2.89. The molecule has 0 saturated heterocycles. The van der Waals surface area contributed by atoms with Gasteiger partial charge in [-0.25, -0.2) is 0 Å². The van der Waals surface area contributed by atoms with E-state index in [4.69, 9.17) is 5.73 Å². The summed E-state index contributed by atoms with van der Waals surface area (Å²) in [6.45, 7) is 1.66. The van der Waals surface area contributed by atoms with Crippen LogP contribution in [0.15, 0.2) is 18.2 Å². The molecule has 2 N–H and O–H groups in total. The molecule has 0 unspecified atom stereocenters. The first kappa shape index (κ1) is 11.0. The van der Waals surface area contributed by atoms with Gasteiger partial charge in [0.1, 0.15) is 4.99 Å². The minimum atomic E-state index is -4.35. The van der Waals surface area contributed by atoms with Crippen LogP contribution in [0.5, 0.6) is 0 Å². The molecular formula is C9H8F3NS. The smallest absolute Gasteiger partial charge is 0.389 e. The van der Waals surface area contributed by atoms with Gasteiger partial charge in [-0.15, -0.1) is 0 Å². The van der Waals surface area contributed by atoms with Crippen LogP contribution in [0.1, 0.15) is 16.7 Å². The summed E-state index contributed by atoms with van der Waals surface area (Å²) >= 11 is 4.64. The molecule has 5 heteroatoms. The highest BCUT2D eigenvalue weighted by molar-refractivity contribution is 7.80. The van der Waals surface area contributed by atoms with Crippen LogP contribution in [0.2, 0.25) is 0 Å². The lowest BCUT2D eigenvalue weighted by molar-refractivity contribution is -0.137. The molecule has 76 valence electrons. The van der Waals surface area contributed by atoms with Crippen molar-refractivity contribution in [2.45, 2.75) is 13.1 Å². The highest BCUT2D eigenvalue weighted by Crippen LogP contribution is 2.30. The minimum absolute atomic E-state index is 0.0198. The quantitative estimate of drug-likeness (QED) is 0.735. The van der Waals surface area contributed by atoms with Gasteiger partial charge in [0, 0.05) is 5.56 Å². The molecule has 0 fully saturated rings. The van der Waals surface area contributed by atoms with E-state index in [1.165, 1.54) is 6.07 Å². The maximum absolute atomic E-state index is 12.3. The third kappa shape index (κ3) is 2.23. The summed E-state index contributed by atoms with van der Waals surface area (Å²) in [6, 6.07) is 3.34. The van der Waals surface area contributed by atoms with Crippen molar-refractivity contribution in [1.29, 1.82) is 0 Å². The van der Waals surface area contributed by atoms with Crippen molar-refractivity contribution in [2.24, 2.45) is 5.73 Å². The highest BCUT2D eigenvalue weighted by Gasteiger charge is 2.30. The number of rotatable bonds is 1. The number of thiocarbonyl (C=S) groups is 1. The van der Waals surface area contributed by atoms with Gasteiger partial charge in [0.15, 0.2) is 0 Å². The lowest BCUT2D eigenvalue weighted by Gasteiger charge is -2.10. The molecule has 0 atom stereocenters. The molecular weight excluding hydrogens is 211 g/mol. The molecule has 0 heterocycles. The Bertz CT molecular complexity index is 371. The SMILES string of the molecule is Cc1ccc(C(F)(F)F)cc1C(N)=S. The predicted molar refractivity (Wildman–Crippen MR) is 52.1 cm³/mol. The first-order valence-corrected chi connectivity index (χ1v) is 4.21. The number of halogens is 3. The molecule has 0 radical (unpaired) electrons. The number of nitrogens with two attached hydrogens (primary N) is 1. The van der Waals surface area contributed by atoms with Crippen LogP contribution >= 0.6 is 12.2 Å². The maximum Gasteiger partial charge on any atom is 0.416 e. The molecule has 1 aromatic carbocycles. The average Bonchev–Trinajstić information content (AvgIpc) is 2.02. The van der Waals surface area contributed by atoms with Gasteiger partial charge in [-0.2, -0.15) is 13.2 Å². The summed E-state index contributed by atoms with van der Waals surface area (Å²) in [4.78, 5) is -0.0198. The Morgan fingerprint density at radius 3 is 2.36 bits per heavy atom. The predicted octanol–water partition coefficient (Wildman–Crippen LogP) is 2.65. The molecule has 0 spiro atoms. The summed E-state index contributed by atoms with van der Waals surface area (Å²) in [7, 11) is 0. The molecule has 1 aromatic rings. The van der Waals surface area contributed by atoms with Gasteiger partial charge in [-0.1, -0.05) is 18.3 Å². The summed E-state index contributed by atoms with van der Waals surface area (Å²) in [5, 5.41) is 0. The van der Waals surface area contributed by atoms with Gasteiger partial charge in [0.05, 0.1) is 5.56 Å². The van der Waals surface area contributed by atoms with Gasteiger partial charge in [0.25, 0.3) is 0 Å². The van der Waals surface area contributed by atoms with Crippen molar-refractivity contribution in [1.82, 2.24) is 0 Å². The number of hydrogen-bond acceptors (Lipinski definition) is 1. The van der Waals surface area contributed by atoms with E-state index in [-0.39, 0.29) is 10.6 Å². The molecule has 0 aliphatic rings. The summed E-state index contributed by atoms with van der Waals surface area (Å²) in [5.74, 6) is 0. The Morgan fingerprint density at radius 1 is 1.36 bits per heavy atom. The maximum atomic E-state index is 12.3. The molecule has 0 aromatic heterocycles. The van der Waals surface area contributed by atoms with Crippen molar-refractivity contribution >= 4 is 17.2 Å². The van der Waals surface area contributed by atoms with Gasteiger partial charge in [-0.05, 0) is 24.6 Å². The average molecular weight is 219 g/mol. The third-order valence-corrected chi connectivity index (χ3v) is 2.05. The van der Waals surface area contributed by atoms with Crippen molar-refractivity contribution in [3.05, 3.63) is 34.9 Å². The lowest BCUT2D eigenvalue weighted by Crippen LogP contribution is -2.14. The van der Waals surface area contributed by atoms with E-state index < -0.39 is 11.7 Å². The van der Waals surface area contributed by atoms with E-state index in [0.717, 1.165) is 12.1 Å². The number of aryl methyl sites for hydroxylation is 1. The zero-order valence-corrected chi connectivity index (χ0v) is 8.17. The number of alkyl halides is 3. The van der Waals surface area contributed by atoms with E-state index in [1.54, 1.807) is 6.92 Å². The Hall–Kier alpha value is -1.10. The van der Waals surface area contributed by atoms with Gasteiger partial charge in [-0.3, -0.25) is 0 Å². The van der Waals surface area contributed by atoms with E-state index in [0.29, 0.717) is 5.56 Å². The van der Waals surface area contributed by atoms with Crippen molar-refractivity contribution in [2.75, 3.05) is 0 Å². The molecule has 1 nitrogen and oxygen atoms in total. The van der Waals surface area contributed by atoms with Crippen LogP contribution in [0, 0.1) is 6.92 Å². The van der Waals surface area contributed by atoms with Crippen molar-refractivity contribution in [3.8, 4) is 0 Å². The van der Waals surface area contributed by atoms with Crippen LogP contribution in [0.3, 0.4) is 0 Å². The Labute approximate surface area is 84.7 Å². The van der Waals surface area contributed by atoms with E-state index >= 15 is 0 Å². The van der Waals surface area contributed by atoms with E-state index in [2.05, 4.69) is 12.2 Å². The third-order valence-electron chi connectivity index (χ3n) is 1.83. The standard InChI is InChI=1S/C9H8F3NS/c1-5-2-3-6(9(10,11)12)4-7(5)8(13)14/h2-4H,1H3,(H2,13,14). The summed E-state index contributed by atoms with van der Waals surface area (Å²) in [6.07, 6.45) is -4.35. The van der Waals surface area contributed by atoms with Gasteiger partial charge >= 0.3 is 6.18 Å². The second-order valence-corrected chi connectivity index (χ2v) is 3.33. The molecule has 0 aliphatic carbocycles. The van der Waals surface area contributed by atoms with Gasteiger partial charge < -0.3 is 5.73 Å². The Kier molecular flexibility index (Phi) is 2.80. The first-order chi connectivity index (χ1) is 6.32. The fourth-order valence-corrected chi connectivity index (χ4v) is 1.28. The number of benzene rings is 1. The molecule has 0 bridgehead atoms. The topological polar surface area (TPSA) is 26.0 Å². The van der Waals surface area contributed by atoms with Crippen LogP contribution in [0.25, 0.3) is 0 Å². The lowest BCUT2D eigenvalue weighted by atomic mass is 10.0. The Balaban J connectivity index is 3.27. The highest BCUT2D eigenvalue weighted by atomic mass is 32.1. The van der Waals surface area contributed by atoms with E-state index in [9.17, 15) is 13.2 Å². The van der Waals surface area contributed by atoms with Crippen molar-refractivity contribution in [3.63, 3.8) is 0 Å². The summed E-state index contributed by atoms with van der Waals surface area (Å²) < 4.78 is 36.8. The summed E-state index contributed by atoms with van der Waals surface area (Å²) in [5.41, 5.74) is 5.48.